The van der Waals surface area contributed by atoms with Gasteiger partial charge in [0.2, 0.25) is 0 Å². The number of rotatable bonds is 3. The van der Waals surface area contributed by atoms with Crippen LogP contribution in [0.4, 0.5) is 24.1 Å². The molecule has 2 aliphatic heterocycles. The Morgan fingerprint density at radius 2 is 1.14 bits per heavy atom. The van der Waals surface area contributed by atoms with Gasteiger partial charge in [0.15, 0.2) is 0 Å². The zero-order chi connectivity index (χ0) is 32.0. The maximum absolute atomic E-state index is 12.9. The quantitative estimate of drug-likeness (QED) is 0.306. The Hall–Kier alpha value is -2.92. The molecule has 2 heterocycles. The number of piperidine rings is 2. The smallest absolute Gasteiger partial charge is 0.407 e. The summed E-state index contributed by atoms with van der Waals surface area (Å²) in [5, 5.41) is 9.03. The van der Waals surface area contributed by atoms with Crippen LogP contribution in [0.3, 0.4) is 0 Å². The normalized spacial score (nSPS) is 15.7. The second kappa shape index (κ2) is 18.8. The fraction of sp³-hybridized carbons (Fsp3) is 0.576. The van der Waals surface area contributed by atoms with E-state index in [1.54, 1.807) is 24.3 Å². The average Bonchev–Trinajstić information content (AvgIpc) is 2.90. The van der Waals surface area contributed by atoms with Gasteiger partial charge in [-0.25, -0.2) is 18.4 Å². The third kappa shape index (κ3) is 17.4. The van der Waals surface area contributed by atoms with E-state index >= 15 is 0 Å². The molecular weight excluding hydrogens is 634 g/mol. The van der Waals surface area contributed by atoms with Crippen LogP contribution in [0, 0.1) is 11.6 Å². The molecule has 0 radical (unpaired) electrons. The van der Waals surface area contributed by atoms with Crippen molar-refractivity contribution in [1.82, 2.24) is 16.0 Å². The van der Waals surface area contributed by atoms with Crippen molar-refractivity contribution in [2.45, 2.75) is 97.9 Å². The van der Waals surface area contributed by atoms with E-state index in [2.05, 4.69) is 36.8 Å². The molecule has 4 rings (SSSR count). The first-order valence-corrected chi connectivity index (χ1v) is 15.5. The van der Waals surface area contributed by atoms with E-state index in [4.69, 9.17) is 9.47 Å². The Morgan fingerprint density at radius 3 is 1.52 bits per heavy atom. The van der Waals surface area contributed by atoms with E-state index in [1.807, 2.05) is 41.5 Å². The maximum Gasteiger partial charge on any atom is 0.407 e. The van der Waals surface area contributed by atoms with Crippen LogP contribution in [0.2, 0.25) is 0 Å². The Bertz CT molecular complexity index is 1090. The standard InChI is InChI=1S/C16H23FN2O2.C10H20N2O2.C6H4BrF.CH4/c1-16(2,3)21-15(20)18-13-8-10-19(11-9-13)14-6-4-12(17)5-7-14;1-10(2,3)14-9(13)12-8-4-6-11-7-5-8;7-5-1-3-6(8)4-2-5;/h4-7,13H,8-11H2,1-3H3,(H,18,20);8,11H,4-7H2,1-3H3,(H,12,13);1-4H;1H4. The molecule has 3 N–H and O–H groups in total. The number of anilines is 1. The monoisotopic (exact) mass is 684 g/mol. The zero-order valence-electron chi connectivity index (χ0n) is 26.1. The van der Waals surface area contributed by atoms with Crippen LogP contribution in [0.5, 0.6) is 0 Å². The largest absolute Gasteiger partial charge is 0.444 e. The highest BCUT2D eigenvalue weighted by Crippen LogP contribution is 2.20. The predicted molar refractivity (Wildman–Crippen MR) is 177 cm³/mol. The van der Waals surface area contributed by atoms with Gasteiger partial charge in [-0.05, 0) is 129 Å². The Kier molecular flexibility index (Phi) is 16.7. The highest BCUT2D eigenvalue weighted by atomic mass is 79.9. The van der Waals surface area contributed by atoms with Crippen molar-refractivity contribution < 1.29 is 27.8 Å². The average molecular weight is 686 g/mol. The summed E-state index contributed by atoms with van der Waals surface area (Å²) in [6, 6.07) is 13.1. The van der Waals surface area contributed by atoms with Gasteiger partial charge in [0, 0.05) is 35.3 Å². The highest BCUT2D eigenvalue weighted by Gasteiger charge is 2.24. The lowest BCUT2D eigenvalue weighted by Gasteiger charge is -2.34. The number of hydrogen-bond donors (Lipinski definition) is 3. The van der Waals surface area contributed by atoms with E-state index < -0.39 is 11.2 Å². The zero-order valence-corrected chi connectivity index (χ0v) is 27.7. The van der Waals surface area contributed by atoms with E-state index in [-0.39, 0.29) is 43.3 Å². The molecule has 2 aromatic rings. The summed E-state index contributed by atoms with van der Waals surface area (Å²) in [6.07, 6.45) is 3.03. The van der Waals surface area contributed by atoms with Gasteiger partial charge in [0.05, 0.1) is 0 Å². The van der Waals surface area contributed by atoms with Crippen molar-refractivity contribution in [2.24, 2.45) is 0 Å². The fourth-order valence-corrected chi connectivity index (χ4v) is 4.54. The van der Waals surface area contributed by atoms with Crippen molar-refractivity contribution in [1.29, 1.82) is 0 Å². The Labute approximate surface area is 270 Å². The second-order valence-electron chi connectivity index (χ2n) is 12.5. The molecule has 44 heavy (non-hydrogen) atoms. The molecule has 2 aliphatic rings. The number of alkyl carbamates (subject to hydrolysis) is 2. The molecule has 0 unspecified atom stereocenters. The summed E-state index contributed by atoms with van der Waals surface area (Å²) in [7, 11) is 0. The van der Waals surface area contributed by atoms with Gasteiger partial charge in [-0.3, -0.25) is 0 Å². The first kappa shape index (κ1) is 39.1. The van der Waals surface area contributed by atoms with Gasteiger partial charge < -0.3 is 30.3 Å². The molecule has 0 atom stereocenters. The minimum atomic E-state index is -0.473. The molecule has 0 bridgehead atoms. The predicted octanol–water partition coefficient (Wildman–Crippen LogP) is 7.81. The molecule has 2 saturated heterocycles. The fourth-order valence-electron chi connectivity index (χ4n) is 4.28. The molecule has 0 saturated carbocycles. The molecule has 8 nitrogen and oxygen atoms in total. The maximum atomic E-state index is 12.9. The minimum Gasteiger partial charge on any atom is -0.444 e. The molecule has 0 spiro atoms. The molecule has 11 heteroatoms. The first-order chi connectivity index (χ1) is 20.1. The van der Waals surface area contributed by atoms with Crippen molar-refractivity contribution >= 4 is 33.8 Å². The Balaban J connectivity index is 0.000000362. The van der Waals surface area contributed by atoms with Crippen LogP contribution in [0.15, 0.2) is 53.0 Å². The van der Waals surface area contributed by atoms with Crippen molar-refractivity contribution in [2.75, 3.05) is 31.1 Å². The van der Waals surface area contributed by atoms with E-state index in [1.165, 1.54) is 24.3 Å². The number of carbonyl (C=O) groups is 2. The van der Waals surface area contributed by atoms with Crippen LogP contribution in [-0.4, -0.2) is 61.7 Å². The van der Waals surface area contributed by atoms with Gasteiger partial charge in [0.25, 0.3) is 0 Å². The highest BCUT2D eigenvalue weighted by molar-refractivity contribution is 9.10. The van der Waals surface area contributed by atoms with Gasteiger partial charge >= 0.3 is 12.2 Å². The van der Waals surface area contributed by atoms with Gasteiger partial charge in [0.1, 0.15) is 22.8 Å². The number of ether oxygens (including phenoxy) is 2. The molecule has 0 aromatic heterocycles. The third-order valence-electron chi connectivity index (χ3n) is 6.27. The van der Waals surface area contributed by atoms with E-state index in [9.17, 15) is 18.4 Å². The lowest BCUT2D eigenvalue weighted by atomic mass is 10.0. The SMILES string of the molecule is C.CC(C)(C)OC(=O)NC1CCN(c2ccc(F)cc2)CC1.CC(C)(C)OC(=O)NC1CCNCC1.Fc1ccc(Br)cc1. The molecule has 2 fully saturated rings. The molecule has 2 amide bonds. The number of carbonyl (C=O) groups excluding carboxylic acids is 2. The summed E-state index contributed by atoms with van der Waals surface area (Å²) in [5.41, 5.74) is 0.141. The van der Waals surface area contributed by atoms with Crippen molar-refractivity contribution in [3.63, 3.8) is 0 Å². The number of halogens is 3. The van der Waals surface area contributed by atoms with Crippen LogP contribution in [0.25, 0.3) is 0 Å². The summed E-state index contributed by atoms with van der Waals surface area (Å²) < 4.78 is 36.3. The molecule has 0 aliphatic carbocycles. The number of benzene rings is 2. The lowest BCUT2D eigenvalue weighted by molar-refractivity contribution is 0.0484. The first-order valence-electron chi connectivity index (χ1n) is 14.7. The van der Waals surface area contributed by atoms with Crippen molar-refractivity contribution in [3.05, 3.63) is 64.6 Å². The number of nitrogens with one attached hydrogen (secondary N) is 3. The van der Waals surface area contributed by atoms with Crippen LogP contribution < -0.4 is 20.9 Å². The number of nitrogens with zero attached hydrogens (tertiary/aromatic N) is 1. The molecule has 2 aromatic carbocycles. The second-order valence-corrected chi connectivity index (χ2v) is 13.4. The molecule has 248 valence electrons. The van der Waals surface area contributed by atoms with Crippen LogP contribution >= 0.6 is 15.9 Å². The minimum absolute atomic E-state index is 0. The topological polar surface area (TPSA) is 91.9 Å². The van der Waals surface area contributed by atoms with Crippen LogP contribution in [-0.2, 0) is 9.47 Å². The Morgan fingerprint density at radius 1 is 0.750 bits per heavy atom. The van der Waals surface area contributed by atoms with E-state index in [0.717, 1.165) is 62.0 Å². The summed E-state index contributed by atoms with van der Waals surface area (Å²) in [4.78, 5) is 25.3. The van der Waals surface area contributed by atoms with Gasteiger partial charge in [-0.1, -0.05) is 23.4 Å². The third-order valence-corrected chi connectivity index (χ3v) is 6.80. The summed E-state index contributed by atoms with van der Waals surface area (Å²) in [5.74, 6) is -0.423. The summed E-state index contributed by atoms with van der Waals surface area (Å²) >= 11 is 3.18. The van der Waals surface area contributed by atoms with Crippen LogP contribution in [0.1, 0.15) is 74.7 Å². The van der Waals surface area contributed by atoms with E-state index in [0.29, 0.717) is 0 Å². The molecular formula is C33H51BrF2N4O4. The summed E-state index contributed by atoms with van der Waals surface area (Å²) in [6.45, 7) is 14.8. The lowest BCUT2D eigenvalue weighted by Crippen LogP contribution is -2.46. The number of hydrogen-bond acceptors (Lipinski definition) is 6. The van der Waals surface area contributed by atoms with Gasteiger partial charge in [-0.15, -0.1) is 0 Å². The van der Waals surface area contributed by atoms with Gasteiger partial charge in [-0.2, -0.15) is 0 Å². The van der Waals surface area contributed by atoms with Crippen molar-refractivity contribution in [3.8, 4) is 0 Å². The number of amides is 2.